The van der Waals surface area contributed by atoms with Gasteiger partial charge in [0.2, 0.25) is 0 Å². The van der Waals surface area contributed by atoms with Gasteiger partial charge in [-0.1, -0.05) is 17.3 Å². The Hall–Kier alpha value is -4.17. The van der Waals surface area contributed by atoms with Crippen LogP contribution in [0.1, 0.15) is 24.2 Å². The minimum atomic E-state index is -0.695. The highest BCUT2D eigenvalue weighted by atomic mass is 32.1. The number of amides is 3. The van der Waals surface area contributed by atoms with Gasteiger partial charge in [-0.3, -0.25) is 9.69 Å². The second-order valence-corrected chi connectivity index (χ2v) is 9.57. The van der Waals surface area contributed by atoms with Crippen molar-refractivity contribution in [3.05, 3.63) is 52.2 Å². The predicted octanol–water partition coefficient (Wildman–Crippen LogP) is 1.10. The third-order valence-corrected chi connectivity index (χ3v) is 6.96. The second kappa shape index (κ2) is 12.6. The highest BCUT2D eigenvalue weighted by Gasteiger charge is 2.35. The molecule has 2 aliphatic rings. The molecule has 39 heavy (non-hydrogen) atoms. The minimum Gasteiger partial charge on any atom is -0.497 e. The number of nitrogens with one attached hydrogen (secondary N) is 2. The number of anilines is 1. The van der Waals surface area contributed by atoms with E-state index in [-0.39, 0.29) is 24.8 Å². The van der Waals surface area contributed by atoms with E-state index >= 15 is 0 Å². The molecule has 1 unspecified atom stereocenters. The van der Waals surface area contributed by atoms with E-state index in [9.17, 15) is 14.4 Å². The first-order chi connectivity index (χ1) is 18.8. The van der Waals surface area contributed by atoms with E-state index in [4.69, 9.17) is 20.0 Å². The summed E-state index contributed by atoms with van der Waals surface area (Å²) in [6, 6.07) is 6.01. The van der Waals surface area contributed by atoms with Gasteiger partial charge in [0.05, 0.1) is 25.3 Å². The number of rotatable bonds is 9. The van der Waals surface area contributed by atoms with Gasteiger partial charge in [0.15, 0.2) is 10.8 Å². The molecule has 2 aliphatic heterocycles. The monoisotopic (exact) mass is 557 g/mol. The zero-order valence-corrected chi connectivity index (χ0v) is 22.7. The first-order valence-electron chi connectivity index (χ1n) is 12.3. The molecule has 0 radical (unpaired) electrons. The molecule has 1 atom stereocenters. The van der Waals surface area contributed by atoms with Crippen LogP contribution in [0, 0.1) is 0 Å². The number of hydrogen-bond donors (Lipinski definition) is 3. The van der Waals surface area contributed by atoms with Gasteiger partial charge in [0.1, 0.15) is 18.6 Å². The highest BCUT2D eigenvalue weighted by molar-refractivity contribution is 7.13. The van der Waals surface area contributed by atoms with Gasteiger partial charge in [-0.25, -0.2) is 14.6 Å². The van der Waals surface area contributed by atoms with Crippen LogP contribution >= 0.6 is 11.3 Å². The molecule has 1 aromatic carbocycles. The van der Waals surface area contributed by atoms with Crippen LogP contribution in [0.25, 0.3) is 0 Å². The lowest BCUT2D eigenvalue weighted by Crippen LogP contribution is -2.53. The molecular formula is C25H31N7O6S. The fourth-order valence-electron chi connectivity index (χ4n) is 4.40. The van der Waals surface area contributed by atoms with Gasteiger partial charge in [-0.05, 0) is 24.6 Å². The van der Waals surface area contributed by atoms with E-state index in [1.165, 1.54) is 18.4 Å². The number of methoxy groups -OCH3 is 1. The number of benzene rings is 1. The van der Waals surface area contributed by atoms with Gasteiger partial charge in [-0.2, -0.15) is 0 Å². The molecule has 1 fully saturated rings. The maximum absolute atomic E-state index is 13.2. The molecule has 1 saturated heterocycles. The fourth-order valence-corrected chi connectivity index (χ4v) is 4.95. The number of nitrogen functional groups attached to an aromatic ring is 1. The smallest absolute Gasteiger partial charge is 0.338 e. The highest BCUT2D eigenvalue weighted by Crippen LogP contribution is 2.29. The van der Waals surface area contributed by atoms with Crippen LogP contribution < -0.4 is 21.1 Å². The van der Waals surface area contributed by atoms with Crippen LogP contribution in [0.5, 0.6) is 5.75 Å². The van der Waals surface area contributed by atoms with Crippen molar-refractivity contribution in [1.29, 1.82) is 0 Å². The molecule has 4 N–H and O–H groups in total. The molecule has 13 nitrogen and oxygen atoms in total. The van der Waals surface area contributed by atoms with E-state index in [1.807, 2.05) is 0 Å². The number of piperazine rings is 1. The Morgan fingerprint density at radius 2 is 1.90 bits per heavy atom. The molecule has 1 aromatic heterocycles. The van der Waals surface area contributed by atoms with Crippen molar-refractivity contribution in [3.8, 4) is 5.75 Å². The van der Waals surface area contributed by atoms with E-state index in [0.717, 1.165) is 0 Å². The summed E-state index contributed by atoms with van der Waals surface area (Å²) in [4.78, 5) is 51.6. The SMILES string of the molecule is CCOC(=O)C1=C(CN2CCN(C(=O)/C(=N/OC)c3csc(N)n3)CC2)NC(=O)NC1c1ccc(OC)cc1. The predicted molar refractivity (Wildman–Crippen MR) is 144 cm³/mol. The molecule has 0 bridgehead atoms. The van der Waals surface area contributed by atoms with Crippen molar-refractivity contribution in [1.82, 2.24) is 25.4 Å². The largest absolute Gasteiger partial charge is 0.497 e. The quantitative estimate of drug-likeness (QED) is 0.233. The summed E-state index contributed by atoms with van der Waals surface area (Å²) in [6.45, 7) is 4.01. The molecule has 208 valence electrons. The van der Waals surface area contributed by atoms with E-state index in [0.29, 0.717) is 59.6 Å². The third kappa shape index (κ3) is 6.46. The van der Waals surface area contributed by atoms with Crippen molar-refractivity contribution in [2.45, 2.75) is 13.0 Å². The molecule has 14 heteroatoms. The lowest BCUT2D eigenvalue weighted by molar-refractivity contribution is -0.139. The van der Waals surface area contributed by atoms with Crippen LogP contribution in [-0.2, 0) is 19.2 Å². The van der Waals surface area contributed by atoms with Gasteiger partial charge < -0.3 is 35.6 Å². The Kier molecular flexibility index (Phi) is 8.99. The summed E-state index contributed by atoms with van der Waals surface area (Å²) < 4.78 is 10.6. The summed E-state index contributed by atoms with van der Waals surface area (Å²) in [7, 11) is 2.93. The topological polar surface area (TPSA) is 161 Å². The van der Waals surface area contributed by atoms with Gasteiger partial charge >= 0.3 is 12.0 Å². The zero-order chi connectivity index (χ0) is 27.9. The third-order valence-electron chi connectivity index (χ3n) is 6.29. The number of carbonyl (C=O) groups excluding carboxylic acids is 3. The lowest BCUT2D eigenvalue weighted by Gasteiger charge is -2.37. The average molecular weight is 558 g/mol. The Morgan fingerprint density at radius 3 is 2.49 bits per heavy atom. The number of urea groups is 1. The number of thiazole rings is 1. The van der Waals surface area contributed by atoms with Gasteiger partial charge in [-0.15, -0.1) is 11.3 Å². The fraction of sp³-hybridized carbons (Fsp3) is 0.400. The van der Waals surface area contributed by atoms with E-state index < -0.39 is 18.0 Å². The number of hydrogen-bond acceptors (Lipinski definition) is 11. The minimum absolute atomic E-state index is 0.0826. The Morgan fingerprint density at radius 1 is 1.18 bits per heavy atom. The Bertz CT molecular complexity index is 1270. The number of nitrogens with two attached hydrogens (primary N) is 1. The summed E-state index contributed by atoms with van der Waals surface area (Å²) >= 11 is 1.21. The summed E-state index contributed by atoms with van der Waals surface area (Å²) in [5.74, 6) is -0.175. The molecule has 0 aliphatic carbocycles. The van der Waals surface area contributed by atoms with Crippen molar-refractivity contribution in [3.63, 3.8) is 0 Å². The molecule has 3 amide bonds. The first-order valence-corrected chi connectivity index (χ1v) is 13.2. The summed E-state index contributed by atoms with van der Waals surface area (Å²) in [5.41, 5.74) is 7.67. The Balaban J connectivity index is 1.51. The molecule has 0 spiro atoms. The number of oxime groups is 1. The molecule has 2 aromatic rings. The molecule has 0 saturated carbocycles. The average Bonchev–Trinajstić information content (AvgIpc) is 3.37. The van der Waals surface area contributed by atoms with Crippen molar-refractivity contribution in [2.75, 3.05) is 59.3 Å². The van der Waals surface area contributed by atoms with Crippen LogP contribution in [-0.4, -0.2) is 92.0 Å². The lowest BCUT2D eigenvalue weighted by atomic mass is 9.94. The normalized spacial score (nSPS) is 18.3. The standard InChI is InChI=1S/C25H31N7O6S/c1-4-38-23(34)19-17(28-25(35)29-20(19)15-5-7-16(36-2)8-6-15)13-31-9-11-32(12-10-31)22(33)21(30-37-3)18-14-39-24(26)27-18/h5-8,14,20H,4,9-13H2,1-3H3,(H2,26,27)(H2,28,29,35)/b30-21+. The van der Waals surface area contributed by atoms with Crippen LogP contribution in [0.2, 0.25) is 0 Å². The molecule has 4 rings (SSSR count). The van der Waals surface area contributed by atoms with Gasteiger partial charge in [0, 0.05) is 43.8 Å². The maximum Gasteiger partial charge on any atom is 0.338 e. The van der Waals surface area contributed by atoms with E-state index in [2.05, 4.69) is 25.7 Å². The van der Waals surface area contributed by atoms with Crippen LogP contribution in [0.3, 0.4) is 0 Å². The molecule has 3 heterocycles. The van der Waals surface area contributed by atoms with E-state index in [1.54, 1.807) is 48.6 Å². The Labute approximate surface area is 229 Å². The zero-order valence-electron chi connectivity index (χ0n) is 21.9. The van der Waals surface area contributed by atoms with Gasteiger partial charge in [0.25, 0.3) is 5.91 Å². The summed E-state index contributed by atoms with van der Waals surface area (Å²) in [6.07, 6.45) is 0. The maximum atomic E-state index is 13.2. The van der Waals surface area contributed by atoms with Crippen molar-refractivity contribution in [2.24, 2.45) is 5.16 Å². The summed E-state index contributed by atoms with van der Waals surface area (Å²) in [5, 5.41) is 11.5. The number of nitrogens with zero attached hydrogens (tertiary/aromatic N) is 4. The van der Waals surface area contributed by atoms with Crippen molar-refractivity contribution < 1.29 is 28.7 Å². The second-order valence-electron chi connectivity index (χ2n) is 8.68. The number of ether oxygens (including phenoxy) is 2. The number of carbonyl (C=O) groups is 3. The number of aromatic nitrogens is 1. The van der Waals surface area contributed by atoms with Crippen molar-refractivity contribution >= 4 is 40.1 Å². The molecular weight excluding hydrogens is 526 g/mol. The number of esters is 1. The van der Waals surface area contributed by atoms with Crippen LogP contribution in [0.15, 0.2) is 46.1 Å². The first kappa shape index (κ1) is 27.9. The van der Waals surface area contributed by atoms with Crippen LogP contribution in [0.4, 0.5) is 9.93 Å².